The van der Waals surface area contributed by atoms with Crippen LogP contribution in [0.5, 0.6) is 0 Å². The van der Waals surface area contributed by atoms with Gasteiger partial charge in [-0.15, -0.1) is 0 Å². The minimum absolute atomic E-state index is 0.000745. The lowest BCUT2D eigenvalue weighted by molar-refractivity contribution is -0.137. The summed E-state index contributed by atoms with van der Waals surface area (Å²) in [5.41, 5.74) is 1.92. The van der Waals surface area contributed by atoms with Gasteiger partial charge in [0.1, 0.15) is 0 Å². The van der Waals surface area contributed by atoms with Crippen LogP contribution in [0.1, 0.15) is 11.1 Å². The molecule has 4 nitrogen and oxygen atoms in total. The average molecular weight is 361 g/mol. The molecule has 3 rings (SSSR count). The lowest BCUT2D eigenvalue weighted by Gasteiger charge is -2.10. The number of aromatic nitrogens is 1. The molecule has 0 saturated carbocycles. The lowest BCUT2D eigenvalue weighted by atomic mass is 10.1. The highest BCUT2D eigenvalue weighted by atomic mass is 19.4. The van der Waals surface area contributed by atoms with Crippen LogP contribution in [-0.2, 0) is 17.4 Å². The summed E-state index contributed by atoms with van der Waals surface area (Å²) in [6.07, 6.45) is -1.74. The molecule has 0 atom stereocenters. The van der Waals surface area contributed by atoms with Crippen molar-refractivity contribution < 1.29 is 18.0 Å². The summed E-state index contributed by atoms with van der Waals surface area (Å²) in [5.74, 6) is -0.218. The average Bonchev–Trinajstić information content (AvgIpc) is 3.03. The van der Waals surface area contributed by atoms with E-state index in [4.69, 9.17) is 0 Å². The fourth-order valence-electron chi connectivity index (χ4n) is 2.70. The van der Waals surface area contributed by atoms with Crippen LogP contribution in [0.4, 0.5) is 18.9 Å². The molecule has 0 aliphatic heterocycles. The standard InChI is InChI=1S/C19H18F3N3O/c20-19(21,22)14-5-7-15(8-6-14)24-12-18(26)23-10-9-13-11-25-17-4-2-1-3-16(13)17/h1-8,11,24-25H,9-10,12H2,(H,23,26). The quantitative estimate of drug-likeness (QED) is 0.623. The summed E-state index contributed by atoms with van der Waals surface area (Å²) in [6, 6.07) is 12.5. The maximum Gasteiger partial charge on any atom is 0.416 e. The van der Waals surface area contributed by atoms with E-state index in [0.29, 0.717) is 18.7 Å². The van der Waals surface area contributed by atoms with Crippen molar-refractivity contribution in [2.24, 2.45) is 0 Å². The Morgan fingerprint density at radius 2 is 1.77 bits per heavy atom. The number of rotatable bonds is 6. The number of nitrogens with one attached hydrogen (secondary N) is 3. The van der Waals surface area contributed by atoms with Crippen molar-refractivity contribution in [3.63, 3.8) is 0 Å². The van der Waals surface area contributed by atoms with E-state index in [9.17, 15) is 18.0 Å². The third-order valence-corrected chi connectivity index (χ3v) is 4.06. The number of carbonyl (C=O) groups excluding carboxylic acids is 1. The van der Waals surface area contributed by atoms with Crippen molar-refractivity contribution >= 4 is 22.5 Å². The molecule has 0 spiro atoms. The molecule has 26 heavy (non-hydrogen) atoms. The number of aromatic amines is 1. The number of para-hydroxylation sites is 1. The fourth-order valence-corrected chi connectivity index (χ4v) is 2.70. The number of benzene rings is 2. The SMILES string of the molecule is O=C(CNc1ccc(C(F)(F)F)cc1)NCCc1c[nH]c2ccccc12. The van der Waals surface area contributed by atoms with Gasteiger partial charge in [-0.05, 0) is 42.3 Å². The summed E-state index contributed by atoms with van der Waals surface area (Å²) in [7, 11) is 0. The first-order valence-electron chi connectivity index (χ1n) is 8.16. The fraction of sp³-hybridized carbons (Fsp3) is 0.211. The van der Waals surface area contributed by atoms with E-state index in [0.717, 1.165) is 28.6 Å². The van der Waals surface area contributed by atoms with Gasteiger partial charge in [-0.2, -0.15) is 13.2 Å². The van der Waals surface area contributed by atoms with Crippen molar-refractivity contribution in [1.29, 1.82) is 0 Å². The Balaban J connectivity index is 1.44. The maximum atomic E-state index is 12.5. The van der Waals surface area contributed by atoms with Gasteiger partial charge < -0.3 is 15.6 Å². The van der Waals surface area contributed by atoms with Crippen molar-refractivity contribution in [2.75, 3.05) is 18.4 Å². The number of hydrogen-bond donors (Lipinski definition) is 3. The van der Waals surface area contributed by atoms with Crippen LogP contribution < -0.4 is 10.6 Å². The van der Waals surface area contributed by atoms with E-state index >= 15 is 0 Å². The molecular weight excluding hydrogens is 343 g/mol. The molecule has 0 bridgehead atoms. The number of carbonyl (C=O) groups is 1. The number of amides is 1. The summed E-state index contributed by atoms with van der Waals surface area (Å²) < 4.78 is 37.5. The topological polar surface area (TPSA) is 56.9 Å². The molecule has 3 N–H and O–H groups in total. The Morgan fingerprint density at radius 3 is 2.50 bits per heavy atom. The number of H-pyrrole nitrogens is 1. The molecule has 136 valence electrons. The smallest absolute Gasteiger partial charge is 0.376 e. The maximum absolute atomic E-state index is 12.5. The Hall–Kier alpha value is -2.96. The number of halogens is 3. The van der Waals surface area contributed by atoms with Crippen LogP contribution in [-0.4, -0.2) is 24.0 Å². The Labute approximate surface area is 148 Å². The molecule has 1 amide bonds. The minimum atomic E-state index is -4.36. The number of alkyl halides is 3. The van der Waals surface area contributed by atoms with Gasteiger partial charge in [0, 0.05) is 29.3 Å². The van der Waals surface area contributed by atoms with Crippen LogP contribution >= 0.6 is 0 Å². The second-order valence-electron chi connectivity index (χ2n) is 5.89. The predicted octanol–water partition coefficient (Wildman–Crippen LogP) is 3.96. The first-order chi connectivity index (χ1) is 12.4. The van der Waals surface area contributed by atoms with Gasteiger partial charge in [0.25, 0.3) is 0 Å². The van der Waals surface area contributed by atoms with Crippen LogP contribution in [0.25, 0.3) is 10.9 Å². The van der Waals surface area contributed by atoms with Gasteiger partial charge in [-0.1, -0.05) is 18.2 Å². The molecule has 0 radical (unpaired) electrons. The second kappa shape index (κ2) is 7.51. The number of anilines is 1. The molecular formula is C19H18F3N3O. The van der Waals surface area contributed by atoms with E-state index in [1.54, 1.807) is 0 Å². The van der Waals surface area contributed by atoms with E-state index in [-0.39, 0.29) is 12.5 Å². The lowest BCUT2D eigenvalue weighted by Crippen LogP contribution is -2.31. The van der Waals surface area contributed by atoms with Crippen molar-refractivity contribution in [1.82, 2.24) is 10.3 Å². The zero-order valence-corrected chi connectivity index (χ0v) is 13.9. The predicted molar refractivity (Wildman–Crippen MR) is 94.9 cm³/mol. The highest BCUT2D eigenvalue weighted by Gasteiger charge is 2.29. The van der Waals surface area contributed by atoms with Crippen LogP contribution in [0.2, 0.25) is 0 Å². The minimum Gasteiger partial charge on any atom is -0.376 e. The first-order valence-corrected chi connectivity index (χ1v) is 8.16. The van der Waals surface area contributed by atoms with E-state index < -0.39 is 11.7 Å². The molecule has 0 fully saturated rings. The molecule has 1 heterocycles. The Kier molecular flexibility index (Phi) is 5.16. The van der Waals surface area contributed by atoms with Gasteiger partial charge in [0.2, 0.25) is 5.91 Å². The molecule has 0 aliphatic carbocycles. The van der Waals surface area contributed by atoms with E-state index in [2.05, 4.69) is 15.6 Å². The molecule has 1 aromatic heterocycles. The van der Waals surface area contributed by atoms with Crippen LogP contribution in [0.3, 0.4) is 0 Å². The molecule has 7 heteroatoms. The van der Waals surface area contributed by atoms with Crippen molar-refractivity contribution in [3.05, 3.63) is 65.9 Å². The highest BCUT2D eigenvalue weighted by Crippen LogP contribution is 2.29. The van der Waals surface area contributed by atoms with Crippen molar-refractivity contribution in [2.45, 2.75) is 12.6 Å². The van der Waals surface area contributed by atoms with Crippen LogP contribution in [0.15, 0.2) is 54.7 Å². The van der Waals surface area contributed by atoms with Gasteiger partial charge in [-0.25, -0.2) is 0 Å². The monoisotopic (exact) mass is 361 g/mol. The summed E-state index contributed by atoms with van der Waals surface area (Å²) in [4.78, 5) is 15.1. The summed E-state index contributed by atoms with van der Waals surface area (Å²) >= 11 is 0. The van der Waals surface area contributed by atoms with E-state index in [1.807, 2.05) is 30.5 Å². The number of hydrogen-bond acceptors (Lipinski definition) is 2. The first kappa shape index (κ1) is 17.8. The van der Waals surface area contributed by atoms with Crippen LogP contribution in [0, 0.1) is 0 Å². The van der Waals surface area contributed by atoms with Gasteiger partial charge in [-0.3, -0.25) is 4.79 Å². The zero-order chi connectivity index (χ0) is 18.6. The van der Waals surface area contributed by atoms with E-state index in [1.165, 1.54) is 12.1 Å². The van der Waals surface area contributed by atoms with Gasteiger partial charge in [0.05, 0.1) is 12.1 Å². The normalized spacial score (nSPS) is 11.5. The molecule has 0 aliphatic rings. The molecule has 2 aromatic carbocycles. The zero-order valence-electron chi connectivity index (χ0n) is 13.9. The highest BCUT2D eigenvalue weighted by molar-refractivity contribution is 5.83. The summed E-state index contributed by atoms with van der Waals surface area (Å²) in [5, 5.41) is 6.74. The van der Waals surface area contributed by atoms with Gasteiger partial charge in [0.15, 0.2) is 0 Å². The third kappa shape index (κ3) is 4.36. The Bertz CT molecular complexity index is 885. The second-order valence-corrected chi connectivity index (χ2v) is 5.89. The third-order valence-electron chi connectivity index (χ3n) is 4.06. The molecule has 0 unspecified atom stereocenters. The molecule has 0 saturated heterocycles. The number of fused-ring (bicyclic) bond motifs is 1. The van der Waals surface area contributed by atoms with Crippen molar-refractivity contribution in [3.8, 4) is 0 Å². The summed E-state index contributed by atoms with van der Waals surface area (Å²) in [6.45, 7) is 0.481. The Morgan fingerprint density at radius 1 is 1.04 bits per heavy atom. The molecule has 3 aromatic rings. The largest absolute Gasteiger partial charge is 0.416 e. The van der Waals surface area contributed by atoms with Gasteiger partial charge >= 0.3 is 6.18 Å².